The van der Waals surface area contributed by atoms with Gasteiger partial charge < -0.3 is 10.0 Å². The molecule has 6 nitrogen and oxygen atoms in total. The van der Waals surface area contributed by atoms with E-state index in [1.807, 2.05) is 6.92 Å². The predicted molar refractivity (Wildman–Crippen MR) is 72.1 cm³/mol. The van der Waals surface area contributed by atoms with Crippen LogP contribution in [-0.2, 0) is 6.42 Å². The molecule has 0 saturated carbocycles. The number of fused-ring (bicyclic) bond motifs is 1. The number of hydrogen-bond acceptors (Lipinski definition) is 3. The number of nitrogens with zero attached hydrogens (tertiary/aromatic N) is 2. The van der Waals surface area contributed by atoms with Crippen LogP contribution in [0.4, 0.5) is 5.69 Å². The number of amides is 1. The Labute approximate surface area is 115 Å². The van der Waals surface area contributed by atoms with Gasteiger partial charge in [-0.1, -0.05) is 0 Å². The van der Waals surface area contributed by atoms with E-state index >= 15 is 0 Å². The zero-order chi connectivity index (χ0) is 14.3. The number of carbonyl (C=O) groups excluding carboxylic acids is 1. The van der Waals surface area contributed by atoms with Gasteiger partial charge in [-0.25, -0.2) is 4.79 Å². The lowest BCUT2D eigenvalue weighted by Gasteiger charge is -2.15. The molecule has 0 aliphatic carbocycles. The second-order valence-corrected chi connectivity index (χ2v) is 4.79. The van der Waals surface area contributed by atoms with Gasteiger partial charge in [0.1, 0.15) is 0 Å². The maximum absolute atomic E-state index is 12.4. The minimum Gasteiger partial charge on any atom is -0.478 e. The van der Waals surface area contributed by atoms with Gasteiger partial charge in [0.05, 0.1) is 5.56 Å². The van der Waals surface area contributed by atoms with Crippen LogP contribution < -0.4 is 4.90 Å². The molecule has 1 aliphatic heterocycles. The smallest absolute Gasteiger partial charge is 0.335 e. The number of hydrogen-bond donors (Lipinski definition) is 2. The van der Waals surface area contributed by atoms with Crippen molar-refractivity contribution in [3.05, 3.63) is 46.8 Å². The highest BCUT2D eigenvalue weighted by atomic mass is 16.4. The first-order valence-corrected chi connectivity index (χ1v) is 6.26. The topological polar surface area (TPSA) is 86.3 Å². The summed E-state index contributed by atoms with van der Waals surface area (Å²) in [5, 5.41) is 15.7. The molecule has 1 aromatic carbocycles. The van der Waals surface area contributed by atoms with Crippen molar-refractivity contribution in [1.82, 2.24) is 10.2 Å². The normalized spacial score (nSPS) is 13.3. The van der Waals surface area contributed by atoms with Gasteiger partial charge >= 0.3 is 5.97 Å². The molecular formula is C14H13N3O3. The number of benzene rings is 1. The molecule has 0 saturated heterocycles. The number of aromatic carboxylic acids is 1. The van der Waals surface area contributed by atoms with E-state index in [2.05, 4.69) is 10.2 Å². The molecular weight excluding hydrogens is 258 g/mol. The fourth-order valence-corrected chi connectivity index (χ4v) is 2.41. The standard InChI is InChI=1S/C14H13N3O3/c1-8-6-11(16-15-8)13(18)17-5-4-9-7-10(14(19)20)2-3-12(9)17/h2-3,6-7H,4-5H2,1H3,(H,15,16)(H,19,20). The first-order chi connectivity index (χ1) is 9.56. The van der Waals surface area contributed by atoms with Crippen LogP contribution in [0.15, 0.2) is 24.3 Å². The van der Waals surface area contributed by atoms with E-state index in [1.54, 1.807) is 23.1 Å². The van der Waals surface area contributed by atoms with E-state index in [0.29, 0.717) is 18.7 Å². The van der Waals surface area contributed by atoms with Gasteiger partial charge in [0.2, 0.25) is 0 Å². The van der Waals surface area contributed by atoms with Crippen LogP contribution in [0.1, 0.15) is 32.1 Å². The lowest BCUT2D eigenvalue weighted by molar-refractivity contribution is 0.0696. The molecule has 1 aliphatic rings. The predicted octanol–water partition coefficient (Wildman–Crippen LogP) is 1.62. The number of carboxylic acid groups (broad SMARTS) is 1. The average molecular weight is 271 g/mol. The molecule has 3 rings (SSSR count). The third-order valence-electron chi connectivity index (χ3n) is 3.39. The largest absolute Gasteiger partial charge is 0.478 e. The fourth-order valence-electron chi connectivity index (χ4n) is 2.41. The van der Waals surface area contributed by atoms with E-state index in [1.165, 1.54) is 6.07 Å². The third-order valence-corrected chi connectivity index (χ3v) is 3.39. The monoisotopic (exact) mass is 271 g/mol. The summed E-state index contributed by atoms with van der Waals surface area (Å²) < 4.78 is 0. The van der Waals surface area contributed by atoms with Crippen molar-refractivity contribution in [3.63, 3.8) is 0 Å². The molecule has 20 heavy (non-hydrogen) atoms. The number of aryl methyl sites for hydroxylation is 1. The molecule has 0 radical (unpaired) electrons. The van der Waals surface area contributed by atoms with Crippen LogP contribution in [-0.4, -0.2) is 33.7 Å². The molecule has 6 heteroatoms. The van der Waals surface area contributed by atoms with Gasteiger partial charge in [-0.15, -0.1) is 0 Å². The second kappa shape index (κ2) is 4.48. The summed E-state index contributed by atoms with van der Waals surface area (Å²) in [5.74, 6) is -1.13. The zero-order valence-corrected chi connectivity index (χ0v) is 10.9. The van der Waals surface area contributed by atoms with E-state index in [4.69, 9.17) is 5.11 Å². The number of carbonyl (C=O) groups is 2. The highest BCUT2D eigenvalue weighted by Gasteiger charge is 2.27. The number of anilines is 1. The molecule has 1 aromatic heterocycles. The number of aromatic amines is 1. The Balaban J connectivity index is 1.93. The average Bonchev–Trinajstić information content (AvgIpc) is 3.03. The number of H-pyrrole nitrogens is 1. The van der Waals surface area contributed by atoms with Gasteiger partial charge in [-0.2, -0.15) is 5.10 Å². The maximum atomic E-state index is 12.4. The van der Waals surface area contributed by atoms with Crippen molar-refractivity contribution in [2.45, 2.75) is 13.3 Å². The highest BCUT2D eigenvalue weighted by Crippen LogP contribution is 2.30. The Morgan fingerprint density at radius 1 is 1.35 bits per heavy atom. The summed E-state index contributed by atoms with van der Waals surface area (Å²) in [4.78, 5) is 25.0. The molecule has 2 heterocycles. The van der Waals surface area contributed by atoms with Gasteiger partial charge in [-0.3, -0.25) is 9.89 Å². The summed E-state index contributed by atoms with van der Waals surface area (Å²) in [6.07, 6.45) is 0.658. The summed E-state index contributed by atoms with van der Waals surface area (Å²) >= 11 is 0. The number of rotatable bonds is 2. The summed E-state index contributed by atoms with van der Waals surface area (Å²) in [6, 6.07) is 6.53. The second-order valence-electron chi connectivity index (χ2n) is 4.79. The Bertz CT molecular complexity index is 705. The number of carboxylic acids is 1. The van der Waals surface area contributed by atoms with Crippen molar-refractivity contribution >= 4 is 17.6 Å². The first-order valence-electron chi connectivity index (χ1n) is 6.26. The van der Waals surface area contributed by atoms with Crippen molar-refractivity contribution < 1.29 is 14.7 Å². The van der Waals surface area contributed by atoms with Crippen LogP contribution in [0.3, 0.4) is 0 Å². The molecule has 0 atom stereocenters. The Morgan fingerprint density at radius 3 is 2.80 bits per heavy atom. The van der Waals surface area contributed by atoms with E-state index in [9.17, 15) is 9.59 Å². The fraction of sp³-hybridized carbons (Fsp3) is 0.214. The molecule has 102 valence electrons. The molecule has 0 unspecified atom stereocenters. The highest BCUT2D eigenvalue weighted by molar-refractivity contribution is 6.06. The zero-order valence-electron chi connectivity index (χ0n) is 10.9. The Morgan fingerprint density at radius 2 is 2.15 bits per heavy atom. The molecule has 0 spiro atoms. The number of aromatic nitrogens is 2. The quantitative estimate of drug-likeness (QED) is 0.869. The molecule has 2 aromatic rings. The van der Waals surface area contributed by atoms with E-state index in [0.717, 1.165) is 16.9 Å². The Hall–Kier alpha value is -2.63. The lowest BCUT2D eigenvalue weighted by Crippen LogP contribution is -2.29. The van der Waals surface area contributed by atoms with Gasteiger partial charge in [-0.05, 0) is 43.2 Å². The number of nitrogens with one attached hydrogen (secondary N) is 1. The SMILES string of the molecule is Cc1cc(C(=O)N2CCc3cc(C(=O)O)ccc32)n[nH]1. The minimum absolute atomic E-state index is 0.170. The van der Waals surface area contributed by atoms with Crippen LogP contribution in [0, 0.1) is 6.92 Å². The van der Waals surface area contributed by atoms with Gasteiger partial charge in [0.15, 0.2) is 5.69 Å². The summed E-state index contributed by atoms with van der Waals surface area (Å²) in [5.41, 5.74) is 3.09. The Kier molecular flexibility index (Phi) is 2.78. The van der Waals surface area contributed by atoms with Crippen LogP contribution in [0.5, 0.6) is 0 Å². The lowest BCUT2D eigenvalue weighted by atomic mass is 10.1. The molecule has 0 fully saturated rings. The molecule has 1 amide bonds. The van der Waals surface area contributed by atoms with Crippen molar-refractivity contribution in [1.29, 1.82) is 0 Å². The molecule has 0 bridgehead atoms. The van der Waals surface area contributed by atoms with Gasteiger partial charge in [0.25, 0.3) is 5.91 Å². The summed E-state index contributed by atoms with van der Waals surface area (Å²) in [7, 11) is 0. The van der Waals surface area contributed by atoms with Crippen molar-refractivity contribution in [2.24, 2.45) is 0 Å². The first kappa shape index (κ1) is 12.4. The maximum Gasteiger partial charge on any atom is 0.335 e. The van der Waals surface area contributed by atoms with Gasteiger partial charge in [0, 0.05) is 17.9 Å². The van der Waals surface area contributed by atoms with Crippen LogP contribution in [0.25, 0.3) is 0 Å². The van der Waals surface area contributed by atoms with E-state index < -0.39 is 5.97 Å². The third kappa shape index (κ3) is 1.95. The van der Waals surface area contributed by atoms with Crippen LogP contribution >= 0.6 is 0 Å². The minimum atomic E-state index is -0.958. The summed E-state index contributed by atoms with van der Waals surface area (Å²) in [6.45, 7) is 2.38. The van der Waals surface area contributed by atoms with Crippen LogP contribution in [0.2, 0.25) is 0 Å². The molecule has 2 N–H and O–H groups in total. The van der Waals surface area contributed by atoms with Crippen molar-refractivity contribution in [3.8, 4) is 0 Å². The van der Waals surface area contributed by atoms with E-state index in [-0.39, 0.29) is 11.5 Å². The van der Waals surface area contributed by atoms with Crippen molar-refractivity contribution in [2.75, 3.05) is 11.4 Å².